The van der Waals surface area contributed by atoms with Gasteiger partial charge in [-0.1, -0.05) is 80.4 Å². The fraction of sp³-hybridized carbons (Fsp3) is 0.520. The molecule has 1 amide bonds. The van der Waals surface area contributed by atoms with Crippen LogP contribution in [0.2, 0.25) is 0 Å². The largest absolute Gasteiger partial charge is 0.452 e. The molecule has 0 bridgehead atoms. The Labute approximate surface area is 363 Å². The predicted molar refractivity (Wildman–Crippen MR) is 239 cm³/mol. The van der Waals surface area contributed by atoms with Crippen LogP contribution in [0.15, 0.2) is 72.8 Å². The first-order valence-corrected chi connectivity index (χ1v) is 21.8. The zero-order valence-corrected chi connectivity index (χ0v) is 38.0. The van der Waals surface area contributed by atoms with Crippen molar-refractivity contribution in [3.63, 3.8) is 0 Å². The average molecular weight is 837 g/mol. The lowest BCUT2D eigenvalue weighted by Crippen LogP contribution is -2.51. The number of carbonyl (C=O) groups excluding carboxylic acids is 4. The van der Waals surface area contributed by atoms with Crippen molar-refractivity contribution in [1.82, 2.24) is 19.4 Å². The third-order valence-corrected chi connectivity index (χ3v) is 12.3. The van der Waals surface area contributed by atoms with Gasteiger partial charge in [-0.15, -0.1) is 0 Å². The molecule has 330 valence electrons. The van der Waals surface area contributed by atoms with Gasteiger partial charge in [-0.05, 0) is 114 Å². The van der Waals surface area contributed by atoms with Gasteiger partial charge in [0, 0.05) is 49.3 Å². The highest BCUT2D eigenvalue weighted by atomic mass is 16.6. The van der Waals surface area contributed by atoms with Gasteiger partial charge in [-0.3, -0.25) is 14.4 Å². The summed E-state index contributed by atoms with van der Waals surface area (Å²) in [6, 6.07) is 24.9. The van der Waals surface area contributed by atoms with E-state index in [4.69, 9.17) is 14.2 Å². The molecule has 0 aliphatic carbocycles. The molecular formula is C50H68N4O7. The van der Waals surface area contributed by atoms with Crippen molar-refractivity contribution in [3.05, 3.63) is 118 Å². The molecule has 4 heterocycles. The summed E-state index contributed by atoms with van der Waals surface area (Å²) in [7, 11) is 3.91. The smallest absolute Gasteiger partial charge is 0.407 e. The number of cyclic esters (lactones) is 1. The number of aryl methyl sites for hydroxylation is 6. The van der Waals surface area contributed by atoms with Gasteiger partial charge in [0.05, 0.1) is 23.5 Å². The first kappa shape index (κ1) is 47.1. The average Bonchev–Trinajstić information content (AvgIpc) is 3.97. The Hall–Kier alpha value is -5.00. The standard InChI is InChI=1S/C28H40N2O4.C22H28N2O3/c1-21-10-12-22(13-11-21)8-7-9-25(32)24-15-14-23(29(24)6)16-17-28(5)18-34-26(27(2,3)4)30(28)19-33-20-31;1-16-7-9-17(10-8-16)5-4-6-20(25)19-12-11-18(24(19)3)13-14-22(2)15-27-21(26)23-22/h10-15,20,26H,7-9,16-19H2,1-6H3;7-12H,4-6,13-15H2,1-3H3,(H,23,26)/t26-,28-;22-/m11/s1. The van der Waals surface area contributed by atoms with Crippen molar-refractivity contribution >= 4 is 24.1 Å². The maximum absolute atomic E-state index is 12.9. The van der Waals surface area contributed by atoms with E-state index in [0.29, 0.717) is 32.5 Å². The molecule has 0 unspecified atom stereocenters. The second-order valence-electron chi connectivity index (χ2n) is 18.7. The molecule has 0 radical (unpaired) electrons. The minimum atomic E-state index is -0.353. The molecule has 3 atom stereocenters. The maximum atomic E-state index is 12.9. The van der Waals surface area contributed by atoms with Crippen molar-refractivity contribution in [2.75, 3.05) is 19.9 Å². The van der Waals surface area contributed by atoms with Gasteiger partial charge in [0.1, 0.15) is 19.6 Å². The molecule has 2 saturated heterocycles. The number of alkyl carbamates (subject to hydrolysis) is 1. The van der Waals surface area contributed by atoms with Gasteiger partial charge in [-0.25, -0.2) is 9.69 Å². The number of carbonyl (C=O) groups is 4. The Bertz CT molecular complexity index is 2090. The Balaban J connectivity index is 0.000000237. The number of ether oxygens (including phenoxy) is 3. The molecule has 0 spiro atoms. The van der Waals surface area contributed by atoms with Gasteiger partial charge >= 0.3 is 6.09 Å². The second-order valence-corrected chi connectivity index (χ2v) is 18.7. The molecule has 11 nitrogen and oxygen atoms in total. The van der Waals surface area contributed by atoms with Crippen LogP contribution in [0.25, 0.3) is 0 Å². The number of nitrogens with zero attached hydrogens (tertiary/aromatic N) is 3. The topological polar surface area (TPSA) is 121 Å². The zero-order valence-electron chi connectivity index (χ0n) is 38.0. The van der Waals surface area contributed by atoms with Crippen molar-refractivity contribution in [3.8, 4) is 0 Å². The van der Waals surface area contributed by atoms with Crippen LogP contribution in [-0.4, -0.2) is 75.4 Å². The Kier molecular flexibility index (Phi) is 16.0. The first-order chi connectivity index (χ1) is 28.9. The van der Waals surface area contributed by atoms with Crippen LogP contribution in [0.4, 0.5) is 4.79 Å². The fourth-order valence-electron chi connectivity index (χ4n) is 8.30. The quantitative estimate of drug-likeness (QED) is 0.0734. The molecule has 11 heteroatoms. The molecule has 2 aromatic carbocycles. The SMILES string of the molecule is Cc1ccc(CCCC(=O)c2ccc(CC[C@]3(C)COC(=O)N3)n2C)cc1.Cc1ccc(CCCC(=O)c2ccc(CC[C@]3(C)CO[C@H](C(C)(C)C)N3COC=O)n2C)cc1. The van der Waals surface area contributed by atoms with E-state index in [1.54, 1.807) is 0 Å². The summed E-state index contributed by atoms with van der Waals surface area (Å²) in [5.41, 5.74) is 8.09. The number of benzene rings is 2. The predicted octanol–water partition coefficient (Wildman–Crippen LogP) is 9.04. The first-order valence-electron chi connectivity index (χ1n) is 21.8. The number of hydrogen-bond acceptors (Lipinski definition) is 8. The highest BCUT2D eigenvalue weighted by Crippen LogP contribution is 2.39. The number of hydrogen-bond donors (Lipinski definition) is 1. The van der Waals surface area contributed by atoms with Crippen LogP contribution >= 0.6 is 0 Å². The van der Waals surface area contributed by atoms with Crippen molar-refractivity contribution in [2.24, 2.45) is 19.5 Å². The van der Waals surface area contributed by atoms with Crippen LogP contribution in [0.5, 0.6) is 0 Å². The van der Waals surface area contributed by atoms with Crippen molar-refractivity contribution in [1.29, 1.82) is 0 Å². The second kappa shape index (κ2) is 20.7. The number of aromatic nitrogens is 2. The lowest BCUT2D eigenvalue weighted by molar-refractivity contribution is -0.144. The van der Waals surface area contributed by atoms with Crippen molar-refractivity contribution in [2.45, 2.75) is 130 Å². The summed E-state index contributed by atoms with van der Waals surface area (Å²) in [5, 5.41) is 2.86. The monoisotopic (exact) mass is 837 g/mol. The van der Waals surface area contributed by atoms with Crippen LogP contribution in [0.1, 0.15) is 128 Å². The van der Waals surface area contributed by atoms with Gasteiger partial charge in [-0.2, -0.15) is 0 Å². The number of ketones is 2. The van der Waals surface area contributed by atoms with E-state index in [-0.39, 0.29) is 47.1 Å². The summed E-state index contributed by atoms with van der Waals surface area (Å²) < 4.78 is 20.3. The number of Topliss-reactive ketones (excluding diaryl/α,β-unsaturated/α-hetero) is 2. The van der Waals surface area contributed by atoms with Crippen LogP contribution in [-0.2, 0) is 58.8 Å². The maximum Gasteiger partial charge on any atom is 0.407 e. The van der Waals surface area contributed by atoms with E-state index in [9.17, 15) is 19.2 Å². The molecule has 4 aromatic rings. The highest BCUT2D eigenvalue weighted by molar-refractivity contribution is 5.95. The molecule has 61 heavy (non-hydrogen) atoms. The summed E-state index contributed by atoms with van der Waals surface area (Å²) >= 11 is 0. The zero-order chi connectivity index (χ0) is 44.4. The number of nitrogens with one attached hydrogen (secondary N) is 1. The molecule has 6 rings (SSSR count). The lowest BCUT2D eigenvalue weighted by Gasteiger charge is -2.39. The van der Waals surface area contributed by atoms with E-state index in [1.165, 1.54) is 22.3 Å². The molecule has 2 aliphatic rings. The van der Waals surface area contributed by atoms with Crippen LogP contribution in [0, 0.1) is 19.3 Å². The van der Waals surface area contributed by atoms with E-state index >= 15 is 0 Å². The minimum Gasteiger partial charge on any atom is -0.452 e. The van der Waals surface area contributed by atoms with Gasteiger partial charge in [0.15, 0.2) is 11.6 Å². The van der Waals surface area contributed by atoms with Crippen LogP contribution < -0.4 is 5.32 Å². The highest BCUT2D eigenvalue weighted by Gasteiger charge is 2.48. The molecule has 0 saturated carbocycles. The van der Waals surface area contributed by atoms with Gasteiger partial charge in [0.25, 0.3) is 6.47 Å². The number of amides is 1. The summed E-state index contributed by atoms with van der Waals surface area (Å²) in [4.78, 5) is 49.7. The van der Waals surface area contributed by atoms with Crippen LogP contribution in [0.3, 0.4) is 0 Å². The molecule has 2 fully saturated rings. The van der Waals surface area contributed by atoms with Crippen molar-refractivity contribution < 1.29 is 33.4 Å². The van der Waals surface area contributed by atoms with Gasteiger partial charge in [0.2, 0.25) is 0 Å². The molecule has 2 aromatic heterocycles. The third-order valence-electron chi connectivity index (χ3n) is 12.3. The molecular weight excluding hydrogens is 769 g/mol. The summed E-state index contributed by atoms with van der Waals surface area (Å²) in [6.45, 7) is 16.4. The minimum absolute atomic E-state index is 0.104. The van der Waals surface area contributed by atoms with Gasteiger partial charge < -0.3 is 28.7 Å². The van der Waals surface area contributed by atoms with E-state index in [0.717, 1.165) is 74.1 Å². The Morgan fingerprint density at radius 2 is 1.25 bits per heavy atom. The number of rotatable bonds is 19. The molecule has 2 aliphatic heterocycles. The normalized spacial score (nSPS) is 20.1. The third kappa shape index (κ3) is 12.8. The fourth-order valence-corrected chi connectivity index (χ4v) is 8.30. The molecule has 1 N–H and O–H groups in total. The van der Waals surface area contributed by atoms with E-state index in [1.807, 2.05) is 48.4 Å². The lowest BCUT2D eigenvalue weighted by atomic mass is 9.89. The van der Waals surface area contributed by atoms with E-state index < -0.39 is 0 Å². The van der Waals surface area contributed by atoms with E-state index in [2.05, 4.69) is 106 Å². The Morgan fingerprint density at radius 3 is 1.69 bits per heavy atom. The Morgan fingerprint density at radius 1 is 0.754 bits per heavy atom. The summed E-state index contributed by atoms with van der Waals surface area (Å²) in [5.74, 6) is 0.365. The summed E-state index contributed by atoms with van der Waals surface area (Å²) in [6.07, 6.45) is 7.34.